The summed E-state index contributed by atoms with van der Waals surface area (Å²) in [4.78, 5) is 0. The minimum Gasteiger partial charge on any atom is -0.382 e. The number of halogens is 3. The van der Waals surface area contributed by atoms with Gasteiger partial charge in [-0.15, -0.1) is 0 Å². The molecular weight excluding hydrogens is 224 g/mol. The van der Waals surface area contributed by atoms with Crippen molar-refractivity contribution in [2.24, 2.45) is 0 Å². The first-order chi connectivity index (χ1) is 7.09. The zero-order valence-electron chi connectivity index (χ0n) is 7.39. The number of nitrogens with zero attached hydrogens (tertiary/aromatic N) is 1. The van der Waals surface area contributed by atoms with E-state index < -0.39 is 11.6 Å². The first kappa shape index (κ1) is 9.92. The molecule has 2 aromatic rings. The lowest BCUT2D eigenvalue weighted by Gasteiger charge is -2.03. The standard InChI is InChI=1S/C9H6ClF2N3/c10-9-5(12)2-1-4(11)8(9)6-3-7(13)15-14-6/h1-3H,(H3,13,14,15). The molecule has 0 atom stereocenters. The number of nitrogens with one attached hydrogen (secondary N) is 1. The second kappa shape index (κ2) is 3.51. The van der Waals surface area contributed by atoms with E-state index in [4.69, 9.17) is 17.3 Å². The zero-order chi connectivity index (χ0) is 11.0. The summed E-state index contributed by atoms with van der Waals surface area (Å²) < 4.78 is 26.5. The molecule has 6 heteroatoms. The van der Waals surface area contributed by atoms with Gasteiger partial charge < -0.3 is 5.73 Å². The summed E-state index contributed by atoms with van der Waals surface area (Å²) in [6, 6.07) is 3.33. The van der Waals surface area contributed by atoms with E-state index in [0.29, 0.717) is 0 Å². The Kier molecular flexibility index (Phi) is 2.32. The third-order valence-electron chi connectivity index (χ3n) is 1.91. The molecule has 0 aliphatic rings. The fourth-order valence-corrected chi connectivity index (χ4v) is 1.49. The maximum atomic E-state index is 13.4. The van der Waals surface area contributed by atoms with Gasteiger partial charge in [0.05, 0.1) is 16.3 Å². The Morgan fingerprint density at radius 2 is 1.93 bits per heavy atom. The molecule has 3 nitrogen and oxygen atoms in total. The average molecular weight is 230 g/mol. The van der Waals surface area contributed by atoms with Crippen molar-refractivity contribution in [3.8, 4) is 11.3 Å². The topological polar surface area (TPSA) is 54.7 Å². The number of H-pyrrole nitrogens is 1. The molecule has 3 N–H and O–H groups in total. The van der Waals surface area contributed by atoms with Gasteiger partial charge in [-0.1, -0.05) is 11.6 Å². The maximum absolute atomic E-state index is 13.4. The molecule has 0 saturated heterocycles. The van der Waals surface area contributed by atoms with Gasteiger partial charge in [-0.3, -0.25) is 5.10 Å². The molecule has 0 radical (unpaired) electrons. The van der Waals surface area contributed by atoms with E-state index in [9.17, 15) is 8.78 Å². The molecule has 0 bridgehead atoms. The van der Waals surface area contributed by atoms with Crippen LogP contribution in [0.25, 0.3) is 11.3 Å². The smallest absolute Gasteiger partial charge is 0.145 e. The summed E-state index contributed by atoms with van der Waals surface area (Å²) in [5.41, 5.74) is 5.53. The normalized spacial score (nSPS) is 10.6. The van der Waals surface area contributed by atoms with Crippen molar-refractivity contribution in [3.63, 3.8) is 0 Å². The average Bonchev–Trinajstić information content (AvgIpc) is 2.59. The van der Waals surface area contributed by atoms with Gasteiger partial charge in [-0.25, -0.2) is 8.78 Å². The van der Waals surface area contributed by atoms with Gasteiger partial charge in [0.25, 0.3) is 0 Å². The Balaban J connectivity index is 2.66. The van der Waals surface area contributed by atoms with E-state index >= 15 is 0 Å². The number of hydrogen-bond donors (Lipinski definition) is 2. The molecular formula is C9H6ClF2N3. The third-order valence-corrected chi connectivity index (χ3v) is 2.28. The Morgan fingerprint density at radius 3 is 2.53 bits per heavy atom. The van der Waals surface area contributed by atoms with E-state index in [2.05, 4.69) is 10.2 Å². The Morgan fingerprint density at radius 1 is 1.27 bits per heavy atom. The molecule has 1 aromatic carbocycles. The van der Waals surface area contributed by atoms with Crippen LogP contribution in [0.2, 0.25) is 5.02 Å². The van der Waals surface area contributed by atoms with Crippen molar-refractivity contribution in [2.75, 3.05) is 5.73 Å². The Hall–Kier alpha value is -1.62. The van der Waals surface area contributed by atoms with Gasteiger partial charge in [0.1, 0.15) is 17.5 Å². The van der Waals surface area contributed by atoms with Gasteiger partial charge in [0, 0.05) is 6.07 Å². The molecule has 0 saturated carbocycles. The molecule has 78 valence electrons. The maximum Gasteiger partial charge on any atom is 0.145 e. The molecule has 0 unspecified atom stereocenters. The van der Waals surface area contributed by atoms with Crippen LogP contribution in [0.5, 0.6) is 0 Å². The number of benzene rings is 1. The fraction of sp³-hybridized carbons (Fsp3) is 0. The van der Waals surface area contributed by atoms with Crippen LogP contribution in [0.1, 0.15) is 0 Å². The van der Waals surface area contributed by atoms with Gasteiger partial charge in [0.15, 0.2) is 0 Å². The minimum atomic E-state index is -0.693. The molecule has 0 spiro atoms. The van der Waals surface area contributed by atoms with Crippen molar-refractivity contribution < 1.29 is 8.78 Å². The number of nitrogen functional groups attached to an aromatic ring is 1. The van der Waals surface area contributed by atoms with E-state index in [1.54, 1.807) is 0 Å². The van der Waals surface area contributed by atoms with Crippen LogP contribution in [-0.2, 0) is 0 Å². The van der Waals surface area contributed by atoms with E-state index in [1.807, 2.05) is 0 Å². The molecule has 0 aliphatic carbocycles. The predicted octanol–water partition coefficient (Wildman–Crippen LogP) is 2.59. The summed E-state index contributed by atoms with van der Waals surface area (Å²) in [6.07, 6.45) is 0. The van der Waals surface area contributed by atoms with Crippen LogP contribution in [0.3, 0.4) is 0 Å². The summed E-state index contributed by atoms with van der Waals surface area (Å²) >= 11 is 5.64. The van der Waals surface area contributed by atoms with Crippen molar-refractivity contribution >= 4 is 17.4 Å². The van der Waals surface area contributed by atoms with E-state index in [-0.39, 0.29) is 22.1 Å². The SMILES string of the molecule is Nc1cc(-c2c(F)ccc(F)c2Cl)[nH]n1. The van der Waals surface area contributed by atoms with E-state index in [0.717, 1.165) is 12.1 Å². The van der Waals surface area contributed by atoms with Crippen LogP contribution < -0.4 is 5.73 Å². The highest BCUT2D eigenvalue weighted by Gasteiger charge is 2.15. The lowest BCUT2D eigenvalue weighted by atomic mass is 10.1. The van der Waals surface area contributed by atoms with Crippen LogP contribution in [0, 0.1) is 11.6 Å². The van der Waals surface area contributed by atoms with Crippen LogP contribution in [0.15, 0.2) is 18.2 Å². The van der Waals surface area contributed by atoms with Crippen LogP contribution >= 0.6 is 11.6 Å². The summed E-state index contributed by atoms with van der Waals surface area (Å²) in [7, 11) is 0. The van der Waals surface area contributed by atoms with Crippen LogP contribution in [-0.4, -0.2) is 10.2 Å². The van der Waals surface area contributed by atoms with Gasteiger partial charge >= 0.3 is 0 Å². The van der Waals surface area contributed by atoms with E-state index in [1.165, 1.54) is 6.07 Å². The molecule has 15 heavy (non-hydrogen) atoms. The quantitative estimate of drug-likeness (QED) is 0.739. The lowest BCUT2D eigenvalue weighted by molar-refractivity contribution is 0.603. The zero-order valence-corrected chi connectivity index (χ0v) is 8.15. The summed E-state index contributed by atoms with van der Waals surface area (Å²) in [6.45, 7) is 0. The number of aromatic nitrogens is 2. The van der Waals surface area contributed by atoms with Crippen molar-refractivity contribution in [1.29, 1.82) is 0 Å². The van der Waals surface area contributed by atoms with Crippen LogP contribution in [0.4, 0.5) is 14.6 Å². The molecule has 2 rings (SSSR count). The Labute approximate surface area is 88.9 Å². The number of rotatable bonds is 1. The minimum absolute atomic E-state index is 0.0686. The first-order valence-corrected chi connectivity index (χ1v) is 4.42. The largest absolute Gasteiger partial charge is 0.382 e. The molecule has 1 heterocycles. The molecule has 1 aromatic heterocycles. The first-order valence-electron chi connectivity index (χ1n) is 4.04. The number of aromatic amines is 1. The fourth-order valence-electron chi connectivity index (χ4n) is 1.24. The highest BCUT2D eigenvalue weighted by atomic mass is 35.5. The summed E-state index contributed by atoms with van der Waals surface area (Å²) in [5.74, 6) is -1.14. The number of nitrogens with two attached hydrogens (primary N) is 1. The molecule has 0 amide bonds. The molecule has 0 aliphatic heterocycles. The second-order valence-corrected chi connectivity index (χ2v) is 3.30. The van der Waals surface area contributed by atoms with Gasteiger partial charge in [-0.05, 0) is 12.1 Å². The highest BCUT2D eigenvalue weighted by Crippen LogP contribution is 2.31. The number of hydrogen-bond acceptors (Lipinski definition) is 2. The highest BCUT2D eigenvalue weighted by molar-refractivity contribution is 6.33. The Bertz CT molecular complexity index is 510. The van der Waals surface area contributed by atoms with Crippen molar-refractivity contribution in [3.05, 3.63) is 34.9 Å². The number of anilines is 1. The predicted molar refractivity (Wildman–Crippen MR) is 53.4 cm³/mol. The van der Waals surface area contributed by atoms with Crippen molar-refractivity contribution in [1.82, 2.24) is 10.2 Å². The second-order valence-electron chi connectivity index (χ2n) is 2.92. The third kappa shape index (κ3) is 1.66. The van der Waals surface area contributed by atoms with Gasteiger partial charge in [0.2, 0.25) is 0 Å². The van der Waals surface area contributed by atoms with Crippen molar-refractivity contribution in [2.45, 2.75) is 0 Å². The lowest BCUT2D eigenvalue weighted by Crippen LogP contribution is -1.89. The van der Waals surface area contributed by atoms with Gasteiger partial charge in [-0.2, -0.15) is 5.10 Å². The summed E-state index contributed by atoms with van der Waals surface area (Å²) in [5, 5.41) is 5.78. The monoisotopic (exact) mass is 229 g/mol. The molecule has 0 fully saturated rings.